The van der Waals surface area contributed by atoms with Crippen LogP contribution < -0.4 is 10.0 Å². The maximum Gasteiger partial charge on any atom is 0.255 e. The smallest absolute Gasteiger partial charge is 0.255 e. The maximum atomic E-state index is 12.7. The number of carbonyl (C=O) groups excluding carboxylic acids is 1. The molecular formula is C19H20N4O3S. The number of nitrogens with one attached hydrogen (secondary N) is 2. The van der Waals surface area contributed by atoms with Crippen LogP contribution in [0.1, 0.15) is 21.5 Å². The zero-order valence-electron chi connectivity index (χ0n) is 15.0. The van der Waals surface area contributed by atoms with Gasteiger partial charge in [0, 0.05) is 23.6 Å². The van der Waals surface area contributed by atoms with E-state index in [0.29, 0.717) is 23.5 Å². The molecule has 0 spiro atoms. The van der Waals surface area contributed by atoms with Crippen LogP contribution in [0.15, 0.2) is 60.9 Å². The number of carbonyl (C=O) groups is 1. The van der Waals surface area contributed by atoms with Crippen molar-refractivity contribution in [3.05, 3.63) is 77.6 Å². The van der Waals surface area contributed by atoms with Gasteiger partial charge in [-0.15, -0.1) is 0 Å². The highest BCUT2D eigenvalue weighted by atomic mass is 32.2. The fourth-order valence-electron chi connectivity index (χ4n) is 2.62. The number of sulfonamides is 1. The second-order valence-corrected chi connectivity index (χ2v) is 7.97. The molecule has 0 saturated carbocycles. The van der Waals surface area contributed by atoms with Gasteiger partial charge in [-0.3, -0.25) is 14.2 Å². The van der Waals surface area contributed by atoms with Crippen molar-refractivity contribution in [2.45, 2.75) is 13.5 Å². The van der Waals surface area contributed by atoms with Crippen LogP contribution in [-0.2, 0) is 16.6 Å². The van der Waals surface area contributed by atoms with Gasteiger partial charge in [0.25, 0.3) is 5.91 Å². The number of rotatable bonds is 6. The summed E-state index contributed by atoms with van der Waals surface area (Å²) < 4.78 is 27.2. The second kappa shape index (κ2) is 7.63. The van der Waals surface area contributed by atoms with Crippen LogP contribution in [0.2, 0.25) is 0 Å². The van der Waals surface area contributed by atoms with Gasteiger partial charge < -0.3 is 5.32 Å². The van der Waals surface area contributed by atoms with Gasteiger partial charge in [-0.25, -0.2) is 8.42 Å². The van der Waals surface area contributed by atoms with Crippen molar-refractivity contribution < 1.29 is 13.2 Å². The molecular weight excluding hydrogens is 364 g/mol. The number of para-hydroxylation sites is 1. The number of aryl methyl sites for hydroxylation is 1. The molecule has 0 fully saturated rings. The molecule has 0 aliphatic heterocycles. The van der Waals surface area contributed by atoms with Crippen molar-refractivity contribution in [2.75, 3.05) is 16.3 Å². The van der Waals surface area contributed by atoms with E-state index >= 15 is 0 Å². The van der Waals surface area contributed by atoms with Crippen molar-refractivity contribution >= 4 is 27.3 Å². The summed E-state index contributed by atoms with van der Waals surface area (Å²) in [5, 5.41) is 7.08. The molecule has 2 N–H and O–H groups in total. The summed E-state index contributed by atoms with van der Waals surface area (Å²) in [6.07, 6.45) is 4.62. The molecule has 7 nitrogen and oxygen atoms in total. The number of hydrogen-bond acceptors (Lipinski definition) is 4. The van der Waals surface area contributed by atoms with E-state index in [2.05, 4.69) is 15.1 Å². The Morgan fingerprint density at radius 2 is 1.89 bits per heavy atom. The average molecular weight is 384 g/mol. The number of benzene rings is 2. The van der Waals surface area contributed by atoms with Crippen LogP contribution in [0.5, 0.6) is 0 Å². The normalized spacial score (nSPS) is 11.2. The lowest BCUT2D eigenvalue weighted by Crippen LogP contribution is -2.16. The van der Waals surface area contributed by atoms with Crippen LogP contribution in [0, 0.1) is 6.92 Å². The first kappa shape index (κ1) is 18.7. The van der Waals surface area contributed by atoms with Crippen LogP contribution in [0.25, 0.3) is 0 Å². The Morgan fingerprint density at radius 1 is 1.11 bits per heavy atom. The third kappa shape index (κ3) is 4.95. The fourth-order valence-corrected chi connectivity index (χ4v) is 3.24. The Balaban J connectivity index is 1.83. The molecule has 140 valence electrons. The molecule has 0 aliphatic rings. The lowest BCUT2D eigenvalue weighted by molar-refractivity contribution is 0.102. The predicted molar refractivity (Wildman–Crippen MR) is 105 cm³/mol. The Kier molecular flexibility index (Phi) is 5.27. The van der Waals surface area contributed by atoms with Crippen molar-refractivity contribution in [3.8, 4) is 0 Å². The second-order valence-electron chi connectivity index (χ2n) is 6.22. The van der Waals surface area contributed by atoms with Gasteiger partial charge in [0.05, 0.1) is 18.5 Å². The predicted octanol–water partition coefficient (Wildman–Crippen LogP) is 2.86. The number of anilines is 2. The van der Waals surface area contributed by atoms with Gasteiger partial charge in [0.1, 0.15) is 0 Å². The zero-order chi connectivity index (χ0) is 19.4. The van der Waals surface area contributed by atoms with Crippen molar-refractivity contribution in [1.82, 2.24) is 9.78 Å². The largest absolute Gasteiger partial charge is 0.322 e. The SMILES string of the molecule is Cc1ccc(C(=O)Nc2ccccc2Cn2cccn2)cc1NS(C)(=O)=O. The van der Waals surface area contributed by atoms with Crippen LogP contribution in [0.3, 0.4) is 0 Å². The van der Waals surface area contributed by atoms with Crippen LogP contribution in [-0.4, -0.2) is 30.4 Å². The summed E-state index contributed by atoms with van der Waals surface area (Å²) in [6.45, 7) is 2.30. The summed E-state index contributed by atoms with van der Waals surface area (Å²) in [5.74, 6) is -0.320. The molecule has 8 heteroatoms. The molecule has 1 amide bonds. The number of hydrogen-bond donors (Lipinski definition) is 2. The molecule has 0 bridgehead atoms. The summed E-state index contributed by atoms with van der Waals surface area (Å²) in [4.78, 5) is 12.7. The molecule has 0 saturated heterocycles. The monoisotopic (exact) mass is 384 g/mol. The molecule has 0 radical (unpaired) electrons. The van der Waals surface area contributed by atoms with E-state index in [-0.39, 0.29) is 5.91 Å². The minimum Gasteiger partial charge on any atom is -0.322 e. The van der Waals surface area contributed by atoms with E-state index < -0.39 is 10.0 Å². The quantitative estimate of drug-likeness (QED) is 0.683. The Hall–Kier alpha value is -3.13. The molecule has 0 atom stereocenters. The third-order valence-corrected chi connectivity index (χ3v) is 4.54. The van der Waals surface area contributed by atoms with E-state index in [4.69, 9.17) is 0 Å². The van der Waals surface area contributed by atoms with Gasteiger partial charge in [0.15, 0.2) is 0 Å². The topological polar surface area (TPSA) is 93.1 Å². The van der Waals surface area contributed by atoms with Crippen molar-refractivity contribution in [1.29, 1.82) is 0 Å². The van der Waals surface area contributed by atoms with Gasteiger partial charge >= 0.3 is 0 Å². The van der Waals surface area contributed by atoms with Gasteiger partial charge in [-0.05, 0) is 42.3 Å². The number of nitrogens with zero attached hydrogens (tertiary/aromatic N) is 2. The summed E-state index contributed by atoms with van der Waals surface area (Å²) >= 11 is 0. The van der Waals surface area contributed by atoms with Gasteiger partial charge in [0.2, 0.25) is 10.0 Å². The molecule has 27 heavy (non-hydrogen) atoms. The van der Waals surface area contributed by atoms with Gasteiger partial charge in [-0.1, -0.05) is 24.3 Å². The van der Waals surface area contributed by atoms with E-state index in [0.717, 1.165) is 17.4 Å². The Labute approximate surface area is 158 Å². The highest BCUT2D eigenvalue weighted by Gasteiger charge is 2.13. The minimum atomic E-state index is -3.43. The molecule has 1 heterocycles. The van der Waals surface area contributed by atoms with E-state index in [9.17, 15) is 13.2 Å². The Bertz CT molecular complexity index is 1060. The average Bonchev–Trinajstić information content (AvgIpc) is 3.10. The minimum absolute atomic E-state index is 0.320. The first-order chi connectivity index (χ1) is 12.8. The van der Waals surface area contributed by atoms with Crippen LogP contribution >= 0.6 is 0 Å². The van der Waals surface area contributed by atoms with Crippen LogP contribution in [0.4, 0.5) is 11.4 Å². The van der Waals surface area contributed by atoms with E-state index in [1.54, 1.807) is 29.9 Å². The lowest BCUT2D eigenvalue weighted by atomic mass is 10.1. The summed E-state index contributed by atoms with van der Waals surface area (Å²) in [7, 11) is -3.43. The first-order valence-corrected chi connectivity index (χ1v) is 10.2. The third-order valence-electron chi connectivity index (χ3n) is 3.95. The molecule has 1 aromatic heterocycles. The number of aromatic nitrogens is 2. The molecule has 0 unspecified atom stereocenters. The molecule has 2 aromatic carbocycles. The summed E-state index contributed by atoms with van der Waals surface area (Å²) in [5.41, 5.74) is 3.07. The summed E-state index contributed by atoms with van der Waals surface area (Å²) in [6, 6.07) is 14.2. The maximum absolute atomic E-state index is 12.7. The first-order valence-electron chi connectivity index (χ1n) is 8.27. The lowest BCUT2D eigenvalue weighted by Gasteiger charge is -2.13. The standard InChI is InChI=1S/C19H20N4O3S/c1-14-8-9-15(12-18(14)22-27(2,25)26)19(24)21-17-7-4-3-6-16(17)13-23-11-5-10-20-23/h3-12,22H,13H2,1-2H3,(H,21,24). The molecule has 0 aliphatic carbocycles. The highest BCUT2D eigenvalue weighted by molar-refractivity contribution is 7.92. The van der Waals surface area contributed by atoms with Gasteiger partial charge in [-0.2, -0.15) is 5.10 Å². The zero-order valence-corrected chi connectivity index (χ0v) is 15.8. The Morgan fingerprint density at radius 3 is 2.59 bits per heavy atom. The molecule has 3 aromatic rings. The number of amides is 1. The highest BCUT2D eigenvalue weighted by Crippen LogP contribution is 2.21. The van der Waals surface area contributed by atoms with Crippen molar-refractivity contribution in [3.63, 3.8) is 0 Å². The fraction of sp³-hybridized carbons (Fsp3) is 0.158. The van der Waals surface area contributed by atoms with E-state index in [1.807, 2.05) is 36.5 Å². The molecule has 3 rings (SSSR count). The van der Waals surface area contributed by atoms with Crippen molar-refractivity contribution in [2.24, 2.45) is 0 Å². The van der Waals surface area contributed by atoms with E-state index in [1.165, 1.54) is 6.07 Å².